The lowest BCUT2D eigenvalue weighted by molar-refractivity contribution is -0.154. The van der Waals surface area contributed by atoms with Gasteiger partial charge < -0.3 is 14.7 Å². The van der Waals surface area contributed by atoms with E-state index in [4.69, 9.17) is 17.0 Å². The SMILES string of the molecule is CCOC(=S)SC/C=C1\S[C@@H]2CC(=O)N2C1C(=O)O. The van der Waals surface area contributed by atoms with E-state index < -0.39 is 12.0 Å². The standard InChI is InChI=1S/C11H13NO4S3/c1-2-16-11(17)18-4-3-6-9(10(14)15)12-7(13)5-8(12)19-6/h3,8-9H,2,4-5H2,1H3,(H,14,15)/b6-3-/t8-,9?/m1/s1. The van der Waals surface area contributed by atoms with E-state index in [1.54, 1.807) is 0 Å². The van der Waals surface area contributed by atoms with Crippen LogP contribution in [0.4, 0.5) is 0 Å². The van der Waals surface area contributed by atoms with Crippen LogP contribution in [0.15, 0.2) is 11.0 Å². The summed E-state index contributed by atoms with van der Waals surface area (Å²) in [5, 5.41) is 9.20. The number of carbonyl (C=O) groups excluding carboxylic acids is 1. The van der Waals surface area contributed by atoms with Gasteiger partial charge in [-0.1, -0.05) is 17.8 Å². The lowest BCUT2D eigenvalue weighted by Crippen LogP contribution is -2.53. The number of thiocarbonyl (C=S) groups is 1. The highest BCUT2D eigenvalue weighted by Gasteiger charge is 2.52. The molecule has 2 aliphatic heterocycles. The van der Waals surface area contributed by atoms with E-state index in [1.807, 2.05) is 13.0 Å². The molecule has 2 heterocycles. The van der Waals surface area contributed by atoms with Crippen molar-refractivity contribution < 1.29 is 19.4 Å². The molecule has 0 bridgehead atoms. The largest absolute Gasteiger partial charge is 0.479 e. The summed E-state index contributed by atoms with van der Waals surface area (Å²) >= 11 is 7.78. The number of β-lactam (4-membered cyclic amide) rings is 1. The molecule has 0 radical (unpaired) electrons. The van der Waals surface area contributed by atoms with Gasteiger partial charge in [0.2, 0.25) is 10.3 Å². The Morgan fingerprint density at radius 2 is 2.47 bits per heavy atom. The fourth-order valence-corrected chi connectivity index (χ4v) is 4.36. The minimum atomic E-state index is -0.980. The molecule has 0 aromatic rings. The maximum Gasteiger partial charge on any atom is 0.331 e. The van der Waals surface area contributed by atoms with Gasteiger partial charge >= 0.3 is 5.97 Å². The zero-order valence-electron chi connectivity index (χ0n) is 10.2. The molecule has 0 aliphatic carbocycles. The Labute approximate surface area is 124 Å². The smallest absolute Gasteiger partial charge is 0.331 e. The van der Waals surface area contributed by atoms with E-state index in [1.165, 1.54) is 28.4 Å². The van der Waals surface area contributed by atoms with E-state index in [9.17, 15) is 14.7 Å². The molecule has 2 aliphatic rings. The monoisotopic (exact) mass is 319 g/mol. The quantitative estimate of drug-likeness (QED) is 0.624. The Morgan fingerprint density at radius 3 is 3.05 bits per heavy atom. The number of amides is 1. The van der Waals surface area contributed by atoms with Gasteiger partial charge in [-0.3, -0.25) is 4.79 Å². The van der Waals surface area contributed by atoms with Crippen molar-refractivity contribution >= 4 is 52.0 Å². The second kappa shape index (κ2) is 6.15. The molecule has 0 aromatic carbocycles. The van der Waals surface area contributed by atoms with Crippen LogP contribution in [0.2, 0.25) is 0 Å². The third kappa shape index (κ3) is 3.06. The Balaban J connectivity index is 1.97. The number of hydrogen-bond acceptors (Lipinski definition) is 6. The molecule has 2 atom stereocenters. The van der Waals surface area contributed by atoms with Crippen LogP contribution in [0, 0.1) is 0 Å². The van der Waals surface area contributed by atoms with Gasteiger partial charge in [0.05, 0.1) is 18.4 Å². The van der Waals surface area contributed by atoms with Crippen molar-refractivity contribution in [3.05, 3.63) is 11.0 Å². The van der Waals surface area contributed by atoms with Gasteiger partial charge in [-0.2, -0.15) is 0 Å². The molecular weight excluding hydrogens is 306 g/mol. The molecular formula is C11H13NO4S3. The van der Waals surface area contributed by atoms with Crippen molar-refractivity contribution in [1.29, 1.82) is 0 Å². The molecule has 1 amide bonds. The minimum absolute atomic E-state index is 0.0105. The first-order valence-corrected chi connectivity index (χ1v) is 8.02. The number of aliphatic carboxylic acids is 1. The van der Waals surface area contributed by atoms with Crippen molar-refractivity contribution in [2.24, 2.45) is 0 Å². The highest BCUT2D eigenvalue weighted by atomic mass is 32.2. The van der Waals surface area contributed by atoms with Crippen LogP contribution in [0.5, 0.6) is 0 Å². The summed E-state index contributed by atoms with van der Waals surface area (Å²) in [7, 11) is 0. The molecule has 0 aromatic heterocycles. The topological polar surface area (TPSA) is 66.8 Å². The first-order valence-electron chi connectivity index (χ1n) is 5.74. The van der Waals surface area contributed by atoms with Gasteiger partial charge in [0, 0.05) is 10.7 Å². The van der Waals surface area contributed by atoms with Gasteiger partial charge in [0.1, 0.15) is 0 Å². The van der Waals surface area contributed by atoms with E-state index in [-0.39, 0.29) is 11.3 Å². The van der Waals surface area contributed by atoms with Crippen LogP contribution in [0.1, 0.15) is 13.3 Å². The number of ether oxygens (including phenoxy) is 1. The average molecular weight is 319 g/mol. The summed E-state index contributed by atoms with van der Waals surface area (Å²) in [5.41, 5.74) is 0. The molecule has 104 valence electrons. The van der Waals surface area contributed by atoms with Crippen LogP contribution < -0.4 is 0 Å². The number of carboxylic acid groups (broad SMARTS) is 1. The summed E-state index contributed by atoms with van der Waals surface area (Å²) in [4.78, 5) is 24.8. The molecule has 19 heavy (non-hydrogen) atoms. The highest BCUT2D eigenvalue weighted by molar-refractivity contribution is 8.22. The first kappa shape index (κ1) is 14.7. The fraction of sp³-hybridized carbons (Fsp3) is 0.545. The highest BCUT2D eigenvalue weighted by Crippen LogP contribution is 2.46. The van der Waals surface area contributed by atoms with Crippen LogP contribution in [-0.4, -0.2) is 50.0 Å². The molecule has 8 heteroatoms. The van der Waals surface area contributed by atoms with Crippen LogP contribution >= 0.6 is 35.7 Å². The molecule has 1 unspecified atom stereocenters. The Hall–Kier alpha value is -0.730. The summed E-state index contributed by atoms with van der Waals surface area (Å²) in [6, 6.07) is -0.822. The minimum Gasteiger partial charge on any atom is -0.479 e. The summed E-state index contributed by atoms with van der Waals surface area (Å²) in [6.45, 7) is 2.38. The maximum absolute atomic E-state index is 11.4. The number of carboxylic acids is 1. The summed E-state index contributed by atoms with van der Waals surface area (Å²) in [6.07, 6.45) is 2.25. The zero-order chi connectivity index (χ0) is 14.0. The maximum atomic E-state index is 11.4. The van der Waals surface area contributed by atoms with Gasteiger partial charge in [-0.15, -0.1) is 11.8 Å². The number of fused-ring (bicyclic) bond motifs is 1. The number of hydrogen-bond donors (Lipinski definition) is 1. The second-order valence-corrected chi connectivity index (χ2v) is 6.79. The van der Waals surface area contributed by atoms with E-state index >= 15 is 0 Å². The predicted molar refractivity (Wildman–Crippen MR) is 79.0 cm³/mol. The molecule has 5 nitrogen and oxygen atoms in total. The van der Waals surface area contributed by atoms with Crippen molar-refractivity contribution in [3.63, 3.8) is 0 Å². The lowest BCUT2D eigenvalue weighted by Gasteiger charge is -2.35. The third-order valence-electron chi connectivity index (χ3n) is 2.75. The van der Waals surface area contributed by atoms with Gasteiger partial charge in [0.25, 0.3) is 0 Å². The Bertz CT molecular complexity index is 451. The van der Waals surface area contributed by atoms with Crippen LogP contribution in [0.25, 0.3) is 0 Å². The molecule has 2 fully saturated rings. The van der Waals surface area contributed by atoms with Crippen LogP contribution in [0.3, 0.4) is 0 Å². The number of carbonyl (C=O) groups is 2. The lowest BCUT2D eigenvalue weighted by atomic mass is 10.1. The molecule has 0 spiro atoms. The van der Waals surface area contributed by atoms with Crippen molar-refractivity contribution in [1.82, 2.24) is 4.90 Å². The third-order valence-corrected chi connectivity index (χ3v) is 5.24. The molecule has 1 N–H and O–H groups in total. The number of rotatable bonds is 4. The Kier molecular flexibility index (Phi) is 4.75. The number of nitrogens with zero attached hydrogens (tertiary/aromatic N) is 1. The fourth-order valence-electron chi connectivity index (χ4n) is 1.92. The normalized spacial score (nSPS) is 27.1. The summed E-state index contributed by atoms with van der Waals surface area (Å²) in [5.74, 6) is -0.517. The zero-order valence-corrected chi connectivity index (χ0v) is 12.6. The van der Waals surface area contributed by atoms with E-state index in [0.717, 1.165) is 4.91 Å². The predicted octanol–water partition coefficient (Wildman–Crippen LogP) is 1.68. The first-order chi connectivity index (χ1) is 9.04. The van der Waals surface area contributed by atoms with Gasteiger partial charge in [-0.25, -0.2) is 4.79 Å². The summed E-state index contributed by atoms with van der Waals surface area (Å²) < 4.78 is 5.58. The average Bonchev–Trinajstić information content (AvgIpc) is 2.62. The number of thioether (sulfide) groups is 2. The van der Waals surface area contributed by atoms with Gasteiger partial charge in [0.15, 0.2) is 6.04 Å². The van der Waals surface area contributed by atoms with Gasteiger partial charge in [-0.05, 0) is 19.1 Å². The van der Waals surface area contributed by atoms with Crippen molar-refractivity contribution in [3.8, 4) is 0 Å². The van der Waals surface area contributed by atoms with E-state index in [0.29, 0.717) is 23.2 Å². The van der Waals surface area contributed by atoms with Crippen LogP contribution in [-0.2, 0) is 14.3 Å². The second-order valence-electron chi connectivity index (χ2n) is 3.92. The Morgan fingerprint density at radius 1 is 1.74 bits per heavy atom. The molecule has 0 saturated carbocycles. The molecule has 2 rings (SSSR count). The molecule has 2 saturated heterocycles. The van der Waals surface area contributed by atoms with Crippen molar-refractivity contribution in [2.75, 3.05) is 12.4 Å². The van der Waals surface area contributed by atoms with Crippen molar-refractivity contribution in [2.45, 2.75) is 24.8 Å². The van der Waals surface area contributed by atoms with E-state index in [2.05, 4.69) is 0 Å².